The summed E-state index contributed by atoms with van der Waals surface area (Å²) in [5, 5.41) is 0. The molecular weight excluding hydrogens is 374 g/mol. The van der Waals surface area contributed by atoms with Crippen LogP contribution in [0.4, 0.5) is 0 Å². The number of esters is 2. The number of benzene rings is 1. The predicted octanol–water partition coefficient (Wildman–Crippen LogP) is 0.853. The molecule has 1 aromatic rings. The van der Waals surface area contributed by atoms with Crippen LogP contribution in [-0.2, 0) is 33.8 Å². The Labute approximate surface area is 157 Å². The molecule has 8 nitrogen and oxygen atoms in total. The summed E-state index contributed by atoms with van der Waals surface area (Å²) in [7, 11) is -3.83. The molecule has 0 aliphatic carbocycles. The molecule has 0 spiro atoms. The summed E-state index contributed by atoms with van der Waals surface area (Å²) in [5.41, 5.74) is 0. The van der Waals surface area contributed by atoms with E-state index in [2.05, 4.69) is 0 Å². The van der Waals surface area contributed by atoms with Gasteiger partial charge in [-0.25, -0.2) is 8.42 Å². The van der Waals surface area contributed by atoms with E-state index < -0.39 is 58.5 Å². The van der Waals surface area contributed by atoms with E-state index in [0.29, 0.717) is 6.42 Å². The summed E-state index contributed by atoms with van der Waals surface area (Å²) >= 11 is 0. The first-order valence-corrected chi connectivity index (χ1v) is 10.3. The van der Waals surface area contributed by atoms with Gasteiger partial charge in [0.1, 0.15) is 18.3 Å². The number of nitrogens with zero attached hydrogens (tertiary/aromatic N) is 1. The maximum Gasteiger partial charge on any atom is 0.303 e. The van der Waals surface area contributed by atoms with Crippen molar-refractivity contribution in [3.8, 4) is 0 Å². The van der Waals surface area contributed by atoms with Crippen molar-refractivity contribution in [3.05, 3.63) is 30.3 Å². The highest BCUT2D eigenvalue weighted by Crippen LogP contribution is 2.47. The van der Waals surface area contributed by atoms with Gasteiger partial charge in [-0.05, 0) is 18.6 Å². The third-order valence-electron chi connectivity index (χ3n) is 5.36. The average Bonchev–Trinajstić information content (AvgIpc) is 2.94. The van der Waals surface area contributed by atoms with Crippen molar-refractivity contribution in [2.45, 2.75) is 68.1 Å². The topological polar surface area (TPSA) is 99.2 Å². The Morgan fingerprint density at radius 1 is 1.04 bits per heavy atom. The first kappa shape index (κ1) is 18.4. The molecular formula is C18H21NO7S. The third-order valence-corrected chi connectivity index (χ3v) is 7.33. The Morgan fingerprint density at radius 3 is 2.33 bits per heavy atom. The summed E-state index contributed by atoms with van der Waals surface area (Å²) < 4.78 is 45.0. The van der Waals surface area contributed by atoms with Gasteiger partial charge in [-0.15, -0.1) is 0 Å². The van der Waals surface area contributed by atoms with Gasteiger partial charge in [-0.3, -0.25) is 9.59 Å². The molecule has 3 saturated heterocycles. The second kappa shape index (κ2) is 6.57. The molecule has 3 aliphatic rings. The van der Waals surface area contributed by atoms with E-state index in [4.69, 9.17) is 14.2 Å². The standard InChI is InChI=1S/C18H21NO7S/c1-10(20)24-15-8-13-17(25-11(2)21)16-9-14(18(15)26-16)19(13)27(22,23)12-6-4-3-5-7-12/h3-7,13-18H,8-9H2,1-2H3. The second-order valence-corrected chi connectivity index (χ2v) is 8.96. The Balaban J connectivity index is 1.75. The van der Waals surface area contributed by atoms with Crippen LogP contribution in [-0.4, -0.2) is 61.2 Å². The first-order chi connectivity index (χ1) is 12.8. The Bertz CT molecular complexity index is 856. The SMILES string of the molecule is CC(=O)OC1CC2C(OC(C)=O)C3CC(C1O3)N2S(=O)(=O)c1ccccc1. The molecule has 146 valence electrons. The van der Waals surface area contributed by atoms with E-state index in [1.54, 1.807) is 18.2 Å². The highest BCUT2D eigenvalue weighted by molar-refractivity contribution is 7.89. The van der Waals surface area contributed by atoms with E-state index in [1.807, 2.05) is 0 Å². The highest BCUT2D eigenvalue weighted by Gasteiger charge is 2.64. The van der Waals surface area contributed by atoms with Gasteiger partial charge in [0, 0.05) is 20.3 Å². The van der Waals surface area contributed by atoms with Crippen molar-refractivity contribution in [2.75, 3.05) is 0 Å². The van der Waals surface area contributed by atoms with Crippen molar-refractivity contribution in [3.63, 3.8) is 0 Å². The van der Waals surface area contributed by atoms with Gasteiger partial charge >= 0.3 is 11.9 Å². The number of piperidine rings is 2. The van der Waals surface area contributed by atoms with Gasteiger partial charge in [0.15, 0.2) is 0 Å². The molecule has 0 aromatic heterocycles. The molecule has 0 saturated carbocycles. The Morgan fingerprint density at radius 2 is 1.70 bits per heavy atom. The summed E-state index contributed by atoms with van der Waals surface area (Å²) in [4.78, 5) is 23.3. The van der Waals surface area contributed by atoms with Crippen LogP contribution in [0.15, 0.2) is 35.2 Å². The smallest absolute Gasteiger partial charge is 0.303 e. The normalized spacial score (nSPS) is 35.0. The monoisotopic (exact) mass is 395 g/mol. The predicted molar refractivity (Wildman–Crippen MR) is 92.0 cm³/mol. The van der Waals surface area contributed by atoms with Crippen LogP contribution >= 0.6 is 0 Å². The lowest BCUT2D eigenvalue weighted by molar-refractivity contribution is -0.159. The number of hydrogen-bond acceptors (Lipinski definition) is 7. The van der Waals surface area contributed by atoms with Gasteiger partial charge in [-0.2, -0.15) is 4.31 Å². The van der Waals surface area contributed by atoms with Crippen LogP contribution in [0.5, 0.6) is 0 Å². The van der Waals surface area contributed by atoms with Crippen LogP contribution in [0.1, 0.15) is 26.7 Å². The second-order valence-electron chi connectivity index (χ2n) is 7.12. The molecule has 3 fully saturated rings. The molecule has 6 atom stereocenters. The Kier molecular flexibility index (Phi) is 4.48. The van der Waals surface area contributed by atoms with Crippen LogP contribution < -0.4 is 0 Å². The van der Waals surface area contributed by atoms with Gasteiger partial charge < -0.3 is 14.2 Å². The molecule has 9 heteroatoms. The van der Waals surface area contributed by atoms with Gasteiger partial charge in [0.05, 0.1) is 23.1 Å². The molecule has 0 radical (unpaired) electrons. The molecule has 3 heterocycles. The van der Waals surface area contributed by atoms with Crippen LogP contribution in [0.25, 0.3) is 0 Å². The lowest BCUT2D eigenvalue weighted by Gasteiger charge is -2.47. The van der Waals surface area contributed by atoms with Crippen molar-refractivity contribution >= 4 is 22.0 Å². The lowest BCUT2D eigenvalue weighted by Crippen LogP contribution is -2.65. The molecule has 1 aromatic carbocycles. The minimum Gasteiger partial charge on any atom is -0.460 e. The number of sulfonamides is 1. The van der Waals surface area contributed by atoms with Crippen LogP contribution in [0.3, 0.4) is 0 Å². The van der Waals surface area contributed by atoms with Crippen molar-refractivity contribution in [1.82, 2.24) is 4.31 Å². The molecule has 0 amide bonds. The number of ether oxygens (including phenoxy) is 3. The summed E-state index contributed by atoms with van der Waals surface area (Å²) in [6, 6.07) is 7.03. The van der Waals surface area contributed by atoms with E-state index in [0.717, 1.165) is 0 Å². The molecule has 3 bridgehead atoms. The number of rotatable bonds is 4. The highest BCUT2D eigenvalue weighted by atomic mass is 32.2. The van der Waals surface area contributed by atoms with E-state index >= 15 is 0 Å². The fourth-order valence-corrected chi connectivity index (χ4v) is 6.38. The number of hydrogen-bond donors (Lipinski definition) is 0. The van der Waals surface area contributed by atoms with Crippen LogP contribution in [0.2, 0.25) is 0 Å². The van der Waals surface area contributed by atoms with Gasteiger partial charge in [0.2, 0.25) is 10.0 Å². The zero-order chi connectivity index (χ0) is 19.3. The molecule has 3 aliphatic heterocycles. The van der Waals surface area contributed by atoms with Crippen LogP contribution in [0, 0.1) is 0 Å². The minimum absolute atomic E-state index is 0.173. The van der Waals surface area contributed by atoms with Crippen molar-refractivity contribution in [1.29, 1.82) is 0 Å². The fraction of sp³-hybridized carbons (Fsp3) is 0.556. The number of fused-ring (bicyclic) bond motifs is 2. The van der Waals surface area contributed by atoms with Crippen molar-refractivity contribution < 1.29 is 32.2 Å². The molecule has 27 heavy (non-hydrogen) atoms. The first-order valence-electron chi connectivity index (χ1n) is 8.87. The summed E-state index contributed by atoms with van der Waals surface area (Å²) in [5.74, 6) is -0.951. The Hall–Kier alpha value is -1.97. The zero-order valence-electron chi connectivity index (χ0n) is 15.0. The summed E-state index contributed by atoms with van der Waals surface area (Å²) in [6.07, 6.45) is -1.66. The largest absolute Gasteiger partial charge is 0.460 e. The van der Waals surface area contributed by atoms with Gasteiger partial charge in [-0.1, -0.05) is 18.2 Å². The maximum atomic E-state index is 13.3. The van der Waals surface area contributed by atoms with E-state index in [9.17, 15) is 18.0 Å². The summed E-state index contributed by atoms with van der Waals surface area (Å²) in [6.45, 7) is 2.60. The quantitative estimate of drug-likeness (QED) is 0.697. The third kappa shape index (κ3) is 3.03. The number of carbonyl (C=O) groups is 2. The fourth-order valence-electron chi connectivity index (χ4n) is 4.51. The zero-order valence-corrected chi connectivity index (χ0v) is 15.8. The maximum absolute atomic E-state index is 13.3. The molecule has 0 N–H and O–H groups in total. The number of carbonyl (C=O) groups excluding carboxylic acids is 2. The minimum atomic E-state index is -3.83. The molecule has 4 rings (SSSR count). The average molecular weight is 395 g/mol. The van der Waals surface area contributed by atoms with E-state index in [1.165, 1.54) is 30.3 Å². The molecule has 6 unspecified atom stereocenters. The van der Waals surface area contributed by atoms with Gasteiger partial charge in [0.25, 0.3) is 0 Å². The van der Waals surface area contributed by atoms with Crippen molar-refractivity contribution in [2.24, 2.45) is 0 Å². The lowest BCUT2D eigenvalue weighted by atomic mass is 9.83. The van der Waals surface area contributed by atoms with E-state index in [-0.39, 0.29) is 11.3 Å².